The van der Waals surface area contributed by atoms with Crippen LogP contribution in [-0.4, -0.2) is 119 Å². The number of ether oxygens (including phenoxy) is 2. The number of carbonyl (C=O) groups is 3. The summed E-state index contributed by atoms with van der Waals surface area (Å²) < 4.78 is 11.0. The number of anilines is 1. The van der Waals surface area contributed by atoms with Crippen molar-refractivity contribution in [2.24, 2.45) is 11.8 Å². The van der Waals surface area contributed by atoms with E-state index in [-0.39, 0.29) is 42.3 Å². The number of thioether (sulfide) groups is 1. The number of hydrogen-bond acceptors (Lipinski definition) is 9. The van der Waals surface area contributed by atoms with Gasteiger partial charge in [0.05, 0.1) is 12.0 Å². The summed E-state index contributed by atoms with van der Waals surface area (Å²) in [7, 11) is 1.66. The predicted molar refractivity (Wildman–Crippen MR) is 175 cm³/mol. The zero-order chi connectivity index (χ0) is 32.7. The van der Waals surface area contributed by atoms with Crippen LogP contribution in [0.15, 0.2) is 6.20 Å². The average molecular weight is 635 g/mol. The highest BCUT2D eigenvalue weighted by molar-refractivity contribution is 7.99. The smallest absolute Gasteiger partial charge is 0.410 e. The van der Waals surface area contributed by atoms with Crippen LogP contribution in [0.4, 0.5) is 10.6 Å². The maximum atomic E-state index is 14.5. The van der Waals surface area contributed by atoms with Crippen molar-refractivity contribution in [2.75, 3.05) is 69.8 Å². The summed E-state index contributed by atoms with van der Waals surface area (Å²) in [6.07, 6.45) is 2.37. The Balaban J connectivity index is 1.99. The summed E-state index contributed by atoms with van der Waals surface area (Å²) in [5.74, 6) is 2.47. The highest BCUT2D eigenvalue weighted by Gasteiger charge is 2.41. The summed E-state index contributed by atoms with van der Waals surface area (Å²) in [6, 6.07) is -0.386. The van der Waals surface area contributed by atoms with Gasteiger partial charge in [-0.25, -0.2) is 14.8 Å². The first kappa shape index (κ1) is 35.9. The molecule has 44 heavy (non-hydrogen) atoms. The molecule has 2 fully saturated rings. The minimum atomic E-state index is -0.684. The summed E-state index contributed by atoms with van der Waals surface area (Å²) in [5.41, 5.74) is -0.613. The summed E-state index contributed by atoms with van der Waals surface area (Å²) in [5, 5.41) is 3.35. The number of nitrogens with one attached hydrogen (secondary N) is 1. The van der Waals surface area contributed by atoms with E-state index in [1.807, 2.05) is 63.1 Å². The first-order valence-corrected chi connectivity index (χ1v) is 17.0. The van der Waals surface area contributed by atoms with Gasteiger partial charge in [0, 0.05) is 76.1 Å². The van der Waals surface area contributed by atoms with Crippen LogP contribution in [0.5, 0.6) is 0 Å². The number of hydrogen-bond donors (Lipinski definition) is 1. The zero-order valence-corrected chi connectivity index (χ0v) is 29.1. The van der Waals surface area contributed by atoms with Crippen molar-refractivity contribution < 1.29 is 23.9 Å². The lowest BCUT2D eigenvalue weighted by atomic mass is 9.91. The molecule has 3 rings (SSSR count). The van der Waals surface area contributed by atoms with E-state index >= 15 is 0 Å². The first-order chi connectivity index (χ1) is 20.6. The van der Waals surface area contributed by atoms with Gasteiger partial charge < -0.3 is 29.5 Å². The molecule has 0 bridgehead atoms. The lowest BCUT2D eigenvalue weighted by molar-refractivity contribution is -0.137. The highest BCUT2D eigenvalue weighted by atomic mass is 32.2. The molecule has 2 aliphatic heterocycles. The number of amides is 3. The molecule has 0 saturated carbocycles. The minimum absolute atomic E-state index is 0.0406. The number of rotatable bonds is 10. The molecule has 2 aliphatic rings. The second kappa shape index (κ2) is 15.6. The van der Waals surface area contributed by atoms with Crippen LogP contribution < -0.4 is 5.32 Å². The molecule has 248 valence electrons. The molecule has 1 aromatic heterocycles. The van der Waals surface area contributed by atoms with Crippen LogP contribution in [-0.2, 0) is 19.7 Å². The molecule has 0 radical (unpaired) electrons. The molecule has 12 heteroatoms. The maximum absolute atomic E-state index is 14.5. The van der Waals surface area contributed by atoms with Gasteiger partial charge in [0.2, 0.25) is 5.91 Å². The first-order valence-electron chi connectivity index (χ1n) is 15.9. The van der Waals surface area contributed by atoms with Gasteiger partial charge in [0.15, 0.2) is 0 Å². The quantitative estimate of drug-likeness (QED) is 0.371. The van der Waals surface area contributed by atoms with Crippen LogP contribution >= 0.6 is 11.8 Å². The van der Waals surface area contributed by atoms with E-state index in [0.717, 1.165) is 17.9 Å². The van der Waals surface area contributed by atoms with Crippen molar-refractivity contribution in [3.8, 4) is 0 Å². The Labute approximate surface area is 268 Å². The molecular formula is C32H54N6O5S. The van der Waals surface area contributed by atoms with E-state index in [9.17, 15) is 14.4 Å². The van der Waals surface area contributed by atoms with Crippen molar-refractivity contribution in [2.45, 2.75) is 85.3 Å². The lowest BCUT2D eigenvalue weighted by Gasteiger charge is -2.44. The van der Waals surface area contributed by atoms with Gasteiger partial charge in [0.25, 0.3) is 5.91 Å². The summed E-state index contributed by atoms with van der Waals surface area (Å²) in [4.78, 5) is 56.4. The van der Waals surface area contributed by atoms with Crippen molar-refractivity contribution in [1.82, 2.24) is 24.7 Å². The third-order valence-electron chi connectivity index (χ3n) is 7.52. The Morgan fingerprint density at radius 2 is 1.77 bits per heavy atom. The van der Waals surface area contributed by atoms with Crippen LogP contribution in [0, 0.1) is 11.8 Å². The Morgan fingerprint density at radius 1 is 1.09 bits per heavy atom. The molecule has 3 amide bonds. The molecule has 2 atom stereocenters. The molecular weight excluding hydrogens is 580 g/mol. The molecule has 1 unspecified atom stereocenters. The summed E-state index contributed by atoms with van der Waals surface area (Å²) in [6.45, 7) is 19.3. The van der Waals surface area contributed by atoms with Gasteiger partial charge in [0.1, 0.15) is 22.8 Å². The average Bonchev–Trinajstić information content (AvgIpc) is 2.96. The van der Waals surface area contributed by atoms with Gasteiger partial charge in [-0.05, 0) is 39.5 Å². The Kier molecular flexibility index (Phi) is 12.7. The molecule has 1 N–H and O–H groups in total. The van der Waals surface area contributed by atoms with Gasteiger partial charge in [-0.1, -0.05) is 34.6 Å². The number of nitrogens with zero attached hydrogens (tertiary/aromatic N) is 5. The van der Waals surface area contributed by atoms with Gasteiger partial charge in [-0.2, -0.15) is 11.8 Å². The maximum Gasteiger partial charge on any atom is 0.410 e. The number of methoxy groups -OCH3 is 1. The van der Waals surface area contributed by atoms with Crippen molar-refractivity contribution in [3.63, 3.8) is 0 Å². The van der Waals surface area contributed by atoms with Crippen LogP contribution in [0.3, 0.4) is 0 Å². The van der Waals surface area contributed by atoms with Gasteiger partial charge >= 0.3 is 6.09 Å². The molecule has 0 spiro atoms. The van der Waals surface area contributed by atoms with E-state index in [1.165, 1.54) is 0 Å². The van der Waals surface area contributed by atoms with Gasteiger partial charge in [-0.3, -0.25) is 9.59 Å². The van der Waals surface area contributed by atoms with Crippen molar-refractivity contribution in [3.05, 3.63) is 17.6 Å². The normalized spacial score (nSPS) is 19.6. The van der Waals surface area contributed by atoms with Crippen LogP contribution in [0.1, 0.15) is 84.4 Å². The molecule has 3 heterocycles. The monoisotopic (exact) mass is 634 g/mol. The number of likely N-dealkylation sites (tertiary alicyclic amines) is 1. The van der Waals surface area contributed by atoms with E-state index in [0.29, 0.717) is 56.4 Å². The third kappa shape index (κ3) is 10.2. The molecule has 2 saturated heterocycles. The fourth-order valence-corrected chi connectivity index (χ4v) is 6.30. The van der Waals surface area contributed by atoms with Crippen molar-refractivity contribution in [1.29, 1.82) is 0 Å². The lowest BCUT2D eigenvalue weighted by Crippen LogP contribution is -2.58. The van der Waals surface area contributed by atoms with E-state index < -0.39 is 17.6 Å². The van der Waals surface area contributed by atoms with E-state index in [4.69, 9.17) is 14.5 Å². The Hall–Kier alpha value is -2.60. The second-order valence-corrected chi connectivity index (χ2v) is 15.5. The third-order valence-corrected chi connectivity index (χ3v) is 8.47. The number of carbonyl (C=O) groups excluding carboxylic acids is 3. The topological polar surface area (TPSA) is 117 Å². The fourth-order valence-electron chi connectivity index (χ4n) is 5.40. The predicted octanol–water partition coefficient (Wildman–Crippen LogP) is 4.52. The second-order valence-electron chi connectivity index (χ2n) is 14.2. The van der Waals surface area contributed by atoms with Gasteiger partial charge in [-0.15, -0.1) is 0 Å². The zero-order valence-electron chi connectivity index (χ0n) is 28.3. The fraction of sp³-hybridized carbons (Fsp3) is 0.781. The largest absolute Gasteiger partial charge is 0.444 e. The summed E-state index contributed by atoms with van der Waals surface area (Å²) >= 11 is 1.84. The van der Waals surface area contributed by atoms with Crippen LogP contribution in [0.2, 0.25) is 0 Å². The van der Waals surface area contributed by atoms with Crippen molar-refractivity contribution >= 4 is 35.5 Å². The number of piperidine rings is 1. The standard InChI is InChI=1S/C32H54N6O5S/c1-22(2)19-38(28(40)25-18-34-29(31(3,4)5)35-26(25)33-11-10-14-42-9)24-17-23(27(39)36-12-15-44-16-13-36)20-37(21-24)30(41)43-32(6,7)8/h18,22-24H,10-17,19-21H2,1-9H3,(H,33,34,35)/t23?,24-/m0/s1. The molecule has 0 aliphatic carbocycles. The highest BCUT2D eigenvalue weighted by Crippen LogP contribution is 2.29. The SMILES string of the molecule is COCCCNc1nc(C(C)(C)C)ncc1C(=O)N(CC(C)C)[C@H]1CC(C(=O)N2CCSCC2)CN(C(=O)OC(C)(C)C)C1. The molecule has 11 nitrogen and oxygen atoms in total. The van der Waals surface area contributed by atoms with E-state index in [2.05, 4.69) is 24.1 Å². The van der Waals surface area contributed by atoms with E-state index in [1.54, 1.807) is 18.2 Å². The Bertz CT molecular complexity index is 1130. The molecule has 1 aromatic rings. The number of aromatic nitrogens is 2. The minimum Gasteiger partial charge on any atom is -0.444 e. The molecule has 0 aromatic carbocycles. The van der Waals surface area contributed by atoms with Crippen LogP contribution in [0.25, 0.3) is 0 Å². The Morgan fingerprint density at radius 3 is 2.36 bits per heavy atom.